The molecule has 0 aliphatic carbocycles. The second-order valence-electron chi connectivity index (χ2n) is 8.40. The van der Waals surface area contributed by atoms with Gasteiger partial charge in [0.05, 0.1) is 26.3 Å². The minimum atomic E-state index is -4.29. The molecule has 0 unspecified atom stereocenters. The van der Waals surface area contributed by atoms with Crippen molar-refractivity contribution >= 4 is 39.0 Å². The summed E-state index contributed by atoms with van der Waals surface area (Å²) < 4.78 is 42.4. The van der Waals surface area contributed by atoms with Crippen molar-refractivity contribution in [1.29, 1.82) is 0 Å². The zero-order valence-electron chi connectivity index (χ0n) is 19.8. The predicted octanol–water partition coefficient (Wildman–Crippen LogP) is 5.71. The summed E-state index contributed by atoms with van der Waals surface area (Å²) in [5.74, 6) is 0.717. The Bertz CT molecular complexity index is 1620. The number of aromatic nitrogens is 1. The molecule has 7 nitrogen and oxygen atoms in total. The first kappa shape index (κ1) is 25.2. The lowest BCUT2D eigenvalue weighted by atomic mass is 9.94. The fraction of sp³-hybridized carbons (Fsp3) is 0.148. The highest BCUT2D eigenvalue weighted by molar-refractivity contribution is 7.93. The highest BCUT2D eigenvalue weighted by Gasteiger charge is 2.47. The average Bonchev–Trinajstić information content (AvgIpc) is 3.26. The van der Waals surface area contributed by atoms with Gasteiger partial charge in [-0.25, -0.2) is 12.7 Å². The van der Waals surface area contributed by atoms with Gasteiger partial charge in [0, 0.05) is 22.2 Å². The third-order valence-electron chi connectivity index (χ3n) is 6.35. The van der Waals surface area contributed by atoms with Crippen LogP contribution in [0.3, 0.4) is 0 Å². The van der Waals surface area contributed by atoms with E-state index in [0.717, 1.165) is 0 Å². The molecular weight excluding hydrogens is 535 g/mol. The van der Waals surface area contributed by atoms with Gasteiger partial charge >= 0.3 is 0 Å². The molecule has 3 aromatic carbocycles. The third kappa shape index (κ3) is 4.35. The number of halogens is 2. The van der Waals surface area contributed by atoms with Gasteiger partial charge < -0.3 is 9.47 Å². The van der Waals surface area contributed by atoms with Crippen molar-refractivity contribution in [2.75, 3.05) is 18.5 Å². The van der Waals surface area contributed by atoms with Crippen LogP contribution in [0, 0.1) is 0 Å². The quantitative estimate of drug-likeness (QED) is 0.304. The molecule has 0 N–H and O–H groups in total. The number of rotatable bonds is 6. The summed E-state index contributed by atoms with van der Waals surface area (Å²) in [5.41, 5.74) is 1.03. The van der Waals surface area contributed by atoms with E-state index in [2.05, 4.69) is 0 Å². The molecule has 1 aromatic heterocycles. The van der Waals surface area contributed by atoms with Gasteiger partial charge in [-0.05, 0) is 53.6 Å². The topological polar surface area (TPSA) is 77.8 Å². The standard InChI is InChI=1S/C27H22Cl2N2O5S/c1-35-21-14-15-22(36-2)23(16-21)37(33,34)31-24-4-3-5-25(32)30(24)26(17-6-10-19(28)11-7-17)27(31)18-8-12-20(29)13-9-18/h3-16,26-27H,1-2H3/t26-,27+/m0/s1. The monoisotopic (exact) mass is 556 g/mol. The molecule has 0 bridgehead atoms. The molecule has 0 amide bonds. The zero-order valence-corrected chi connectivity index (χ0v) is 22.2. The Morgan fingerprint density at radius 1 is 0.757 bits per heavy atom. The van der Waals surface area contributed by atoms with Crippen molar-refractivity contribution in [1.82, 2.24) is 4.57 Å². The fourth-order valence-electron chi connectivity index (χ4n) is 4.69. The molecule has 2 atom stereocenters. The maximum Gasteiger partial charge on any atom is 0.269 e. The van der Waals surface area contributed by atoms with E-state index in [0.29, 0.717) is 26.9 Å². The molecule has 0 saturated carbocycles. The van der Waals surface area contributed by atoms with E-state index < -0.39 is 22.1 Å². The Kier molecular flexibility index (Phi) is 6.66. The number of sulfonamides is 1. The number of anilines is 1. The second-order valence-corrected chi connectivity index (χ2v) is 11.1. The summed E-state index contributed by atoms with van der Waals surface area (Å²) in [7, 11) is -1.44. The predicted molar refractivity (Wildman–Crippen MR) is 144 cm³/mol. The maximum absolute atomic E-state index is 14.5. The lowest BCUT2D eigenvalue weighted by Crippen LogP contribution is -2.34. The molecular formula is C27H22Cl2N2O5S. The van der Waals surface area contributed by atoms with Gasteiger partial charge in [0.25, 0.3) is 15.6 Å². The molecule has 37 heavy (non-hydrogen) atoms. The van der Waals surface area contributed by atoms with Crippen LogP contribution in [0.2, 0.25) is 10.0 Å². The summed E-state index contributed by atoms with van der Waals surface area (Å²) in [5, 5.41) is 1.03. The van der Waals surface area contributed by atoms with Crippen LogP contribution >= 0.6 is 23.2 Å². The van der Waals surface area contributed by atoms with Gasteiger partial charge in [-0.2, -0.15) is 0 Å². The molecule has 1 aliphatic rings. The van der Waals surface area contributed by atoms with Gasteiger partial charge in [-0.15, -0.1) is 0 Å². The highest BCUT2D eigenvalue weighted by atomic mass is 35.5. The average molecular weight is 557 g/mol. The van der Waals surface area contributed by atoms with Gasteiger partial charge in [0.1, 0.15) is 22.2 Å². The number of ether oxygens (including phenoxy) is 2. The molecule has 0 radical (unpaired) electrons. The van der Waals surface area contributed by atoms with Crippen LogP contribution in [0.15, 0.2) is 94.6 Å². The summed E-state index contributed by atoms with van der Waals surface area (Å²) in [6, 6.07) is 21.5. The van der Waals surface area contributed by atoms with Crippen LogP contribution in [-0.2, 0) is 10.0 Å². The Morgan fingerprint density at radius 2 is 1.35 bits per heavy atom. The Hall–Kier alpha value is -3.46. The Labute approximate surface area is 224 Å². The van der Waals surface area contributed by atoms with Crippen molar-refractivity contribution in [2.45, 2.75) is 17.0 Å². The molecule has 4 aromatic rings. The van der Waals surface area contributed by atoms with Crippen molar-refractivity contribution in [3.63, 3.8) is 0 Å². The largest absolute Gasteiger partial charge is 0.497 e. The number of pyridine rings is 1. The first-order valence-electron chi connectivity index (χ1n) is 11.2. The SMILES string of the molecule is COc1ccc(OC)c(S(=O)(=O)N2c3cccc(=O)n3[C@@H](c3ccc(Cl)cc3)[C@H]2c2ccc(Cl)cc2)c1. The lowest BCUT2D eigenvalue weighted by Gasteiger charge is -2.29. The van der Waals surface area contributed by atoms with Gasteiger partial charge in [0.2, 0.25) is 0 Å². The van der Waals surface area contributed by atoms with Crippen molar-refractivity contribution in [2.24, 2.45) is 0 Å². The van der Waals surface area contributed by atoms with E-state index in [4.69, 9.17) is 32.7 Å². The van der Waals surface area contributed by atoms with E-state index in [9.17, 15) is 13.2 Å². The molecule has 5 rings (SSSR count). The number of methoxy groups -OCH3 is 2. The minimum Gasteiger partial charge on any atom is -0.497 e. The third-order valence-corrected chi connectivity index (χ3v) is 8.67. The first-order valence-corrected chi connectivity index (χ1v) is 13.4. The fourth-order valence-corrected chi connectivity index (χ4v) is 6.76. The Balaban J connectivity index is 1.83. The molecule has 0 spiro atoms. The van der Waals surface area contributed by atoms with Crippen LogP contribution < -0.4 is 19.3 Å². The van der Waals surface area contributed by atoms with Crippen molar-refractivity contribution in [3.8, 4) is 11.5 Å². The van der Waals surface area contributed by atoms with Crippen LogP contribution in [0.25, 0.3) is 0 Å². The number of fused-ring (bicyclic) bond motifs is 1. The van der Waals surface area contributed by atoms with Gasteiger partial charge in [-0.3, -0.25) is 9.36 Å². The summed E-state index contributed by atoms with van der Waals surface area (Å²) in [6.45, 7) is 0. The van der Waals surface area contributed by atoms with E-state index >= 15 is 0 Å². The number of hydrogen-bond donors (Lipinski definition) is 0. The second kappa shape index (κ2) is 9.78. The van der Waals surface area contributed by atoms with E-state index in [1.807, 2.05) is 0 Å². The molecule has 0 saturated heterocycles. The van der Waals surface area contributed by atoms with Crippen molar-refractivity contribution in [3.05, 3.63) is 116 Å². The molecule has 0 fully saturated rings. The van der Waals surface area contributed by atoms with Crippen LogP contribution in [0.5, 0.6) is 11.5 Å². The zero-order chi connectivity index (χ0) is 26.3. The molecule has 190 valence electrons. The summed E-state index contributed by atoms with van der Waals surface area (Å²) in [4.78, 5) is 13.2. The van der Waals surface area contributed by atoms with E-state index in [-0.39, 0.29) is 22.0 Å². The number of hydrogen-bond acceptors (Lipinski definition) is 5. The number of nitrogens with zero attached hydrogens (tertiary/aromatic N) is 2. The van der Waals surface area contributed by atoms with Gasteiger partial charge in [0.15, 0.2) is 0 Å². The van der Waals surface area contributed by atoms with Crippen molar-refractivity contribution < 1.29 is 17.9 Å². The Morgan fingerprint density at radius 3 is 1.92 bits per heavy atom. The minimum absolute atomic E-state index is 0.0899. The smallest absolute Gasteiger partial charge is 0.269 e. The normalized spacial score (nSPS) is 16.9. The summed E-state index contributed by atoms with van der Waals surface area (Å²) >= 11 is 12.3. The molecule has 2 heterocycles. The van der Waals surface area contributed by atoms with E-state index in [1.165, 1.54) is 41.3 Å². The first-order chi connectivity index (χ1) is 17.8. The van der Waals surface area contributed by atoms with Gasteiger partial charge in [-0.1, -0.05) is 53.5 Å². The molecule has 1 aliphatic heterocycles. The van der Waals surface area contributed by atoms with E-state index in [1.54, 1.807) is 66.7 Å². The summed E-state index contributed by atoms with van der Waals surface area (Å²) in [6.07, 6.45) is 0. The highest BCUT2D eigenvalue weighted by Crippen LogP contribution is 2.50. The lowest BCUT2D eigenvalue weighted by molar-refractivity contribution is 0.392. The number of benzene rings is 3. The van der Waals surface area contributed by atoms with Crippen LogP contribution in [0.1, 0.15) is 23.2 Å². The van der Waals surface area contributed by atoms with Crippen LogP contribution in [-0.4, -0.2) is 27.2 Å². The maximum atomic E-state index is 14.5. The molecule has 10 heteroatoms. The van der Waals surface area contributed by atoms with Crippen LogP contribution in [0.4, 0.5) is 5.82 Å².